The molecule has 14 nitrogen and oxygen atoms in total. The minimum Gasteiger partial charge on any atom is -0.339 e. The number of phosphoric acid groups is 1. The van der Waals surface area contributed by atoms with Gasteiger partial charge in [-0.05, 0) is 56.9 Å². The number of aromatic nitrogens is 5. The maximum atomic E-state index is 12.8. The fourth-order valence-corrected chi connectivity index (χ4v) is 4.38. The third kappa shape index (κ3) is 7.42. The first kappa shape index (κ1) is 27.3. The first-order valence-corrected chi connectivity index (χ1v) is 13.6. The van der Waals surface area contributed by atoms with E-state index in [-0.39, 0.29) is 30.2 Å². The number of phosphoric ester groups is 1. The number of nitrogens with zero attached hydrogens (tertiary/aromatic N) is 6. The Labute approximate surface area is 218 Å². The van der Waals surface area contributed by atoms with Crippen LogP contribution in [0.1, 0.15) is 49.0 Å². The van der Waals surface area contributed by atoms with E-state index in [0.29, 0.717) is 23.5 Å². The lowest BCUT2D eigenvalue weighted by molar-refractivity contribution is 0.0724. The predicted octanol–water partition coefficient (Wildman–Crippen LogP) is 3.07. The molecule has 1 saturated heterocycles. The SMILES string of the molecule is C[C@H](CCOP(=O)(O)O)n1cnnc1-c1cccc(NC(=O)Nc2cc(C(=O)N3CCCCC3)ccn2)n1. The van der Waals surface area contributed by atoms with Gasteiger partial charge in [0.1, 0.15) is 23.7 Å². The molecule has 3 aromatic rings. The van der Waals surface area contributed by atoms with E-state index in [2.05, 4.69) is 35.3 Å². The normalized spacial score (nSPS) is 14.7. The zero-order chi connectivity index (χ0) is 27.1. The van der Waals surface area contributed by atoms with E-state index >= 15 is 0 Å². The summed E-state index contributed by atoms with van der Waals surface area (Å²) >= 11 is 0. The second-order valence-electron chi connectivity index (χ2n) is 8.79. The Kier molecular flexibility index (Phi) is 8.79. The fraction of sp³-hybridized carbons (Fsp3) is 0.391. The molecule has 0 radical (unpaired) electrons. The number of hydrogen-bond donors (Lipinski definition) is 4. The third-order valence-electron chi connectivity index (χ3n) is 5.95. The van der Waals surface area contributed by atoms with E-state index in [0.717, 1.165) is 32.4 Å². The minimum atomic E-state index is -4.55. The topological polar surface area (TPSA) is 185 Å². The molecule has 4 N–H and O–H groups in total. The minimum absolute atomic E-state index is 0.0865. The van der Waals surface area contributed by atoms with Crippen LogP contribution in [-0.4, -0.2) is 71.1 Å². The van der Waals surface area contributed by atoms with Gasteiger partial charge in [-0.25, -0.2) is 19.3 Å². The van der Waals surface area contributed by atoms with Gasteiger partial charge < -0.3 is 19.3 Å². The first-order valence-electron chi connectivity index (χ1n) is 12.1. The zero-order valence-electron chi connectivity index (χ0n) is 20.7. The van der Waals surface area contributed by atoms with Gasteiger partial charge in [0.25, 0.3) is 5.91 Å². The Balaban J connectivity index is 1.39. The molecule has 0 saturated carbocycles. The zero-order valence-corrected chi connectivity index (χ0v) is 21.6. The molecule has 1 aliphatic rings. The van der Waals surface area contributed by atoms with Crippen LogP contribution in [0.4, 0.5) is 16.4 Å². The molecule has 0 bridgehead atoms. The van der Waals surface area contributed by atoms with Crippen molar-refractivity contribution in [3.8, 4) is 11.5 Å². The van der Waals surface area contributed by atoms with Gasteiger partial charge in [-0.2, -0.15) is 0 Å². The summed E-state index contributed by atoms with van der Waals surface area (Å²) in [6, 6.07) is 7.31. The average Bonchev–Trinajstić information content (AvgIpc) is 3.38. The number of carbonyl (C=O) groups excluding carboxylic acids is 2. The van der Waals surface area contributed by atoms with Gasteiger partial charge in [-0.1, -0.05) is 6.07 Å². The van der Waals surface area contributed by atoms with Crippen molar-refractivity contribution in [3.63, 3.8) is 0 Å². The number of hydrogen-bond acceptors (Lipinski definition) is 8. The number of likely N-dealkylation sites (tertiary alicyclic amines) is 1. The molecule has 3 aromatic heterocycles. The van der Waals surface area contributed by atoms with Crippen molar-refractivity contribution in [1.82, 2.24) is 29.6 Å². The Morgan fingerprint density at radius 2 is 1.89 bits per heavy atom. The van der Waals surface area contributed by atoms with Crippen LogP contribution < -0.4 is 10.6 Å². The number of piperidine rings is 1. The van der Waals surface area contributed by atoms with E-state index in [4.69, 9.17) is 9.79 Å². The summed E-state index contributed by atoms with van der Waals surface area (Å²) in [6.07, 6.45) is 6.34. The molecule has 4 rings (SSSR count). The molecule has 0 spiro atoms. The number of anilines is 2. The Morgan fingerprint density at radius 3 is 2.66 bits per heavy atom. The molecular formula is C23H29N8O6P. The van der Waals surface area contributed by atoms with Gasteiger partial charge in [-0.3, -0.25) is 20.0 Å². The summed E-state index contributed by atoms with van der Waals surface area (Å²) in [5.41, 5.74) is 0.882. The number of urea groups is 1. The van der Waals surface area contributed by atoms with E-state index in [1.807, 2.05) is 11.8 Å². The highest BCUT2D eigenvalue weighted by Crippen LogP contribution is 2.36. The standard InChI is InChI=1S/C23H29N8O6P/c1-16(9-13-37-38(34,35)36)31-15-25-29-21(31)18-6-5-7-19(26-18)27-23(33)28-20-14-17(8-10-24-20)22(32)30-11-3-2-4-12-30/h5-8,10,14-16H,2-4,9,11-13H2,1H3,(H2,34,35,36)(H2,24,26,27,28,33)/t16-/m1/s1. The number of nitrogens with one attached hydrogen (secondary N) is 2. The number of pyridine rings is 2. The Morgan fingerprint density at radius 1 is 1.13 bits per heavy atom. The van der Waals surface area contributed by atoms with Crippen LogP contribution in [0.5, 0.6) is 0 Å². The van der Waals surface area contributed by atoms with Crippen LogP contribution in [0.3, 0.4) is 0 Å². The summed E-state index contributed by atoms with van der Waals surface area (Å²) in [7, 11) is -4.55. The van der Waals surface area contributed by atoms with Gasteiger partial charge in [0.2, 0.25) is 0 Å². The molecule has 0 aliphatic carbocycles. The molecule has 1 atom stereocenters. The van der Waals surface area contributed by atoms with Crippen molar-refractivity contribution >= 4 is 31.4 Å². The van der Waals surface area contributed by atoms with Crippen molar-refractivity contribution in [2.24, 2.45) is 0 Å². The van der Waals surface area contributed by atoms with Crippen LogP contribution in [-0.2, 0) is 9.09 Å². The number of carbonyl (C=O) groups is 2. The van der Waals surface area contributed by atoms with Gasteiger partial charge in [0.05, 0.1) is 6.61 Å². The summed E-state index contributed by atoms with van der Waals surface area (Å²) in [5.74, 6) is 0.792. The van der Waals surface area contributed by atoms with E-state index < -0.39 is 13.9 Å². The molecule has 1 fully saturated rings. The quantitative estimate of drug-likeness (QED) is 0.292. The predicted molar refractivity (Wildman–Crippen MR) is 137 cm³/mol. The van der Waals surface area contributed by atoms with Gasteiger partial charge in [0, 0.05) is 30.9 Å². The molecule has 202 valence electrons. The second-order valence-corrected chi connectivity index (χ2v) is 10.0. The first-order chi connectivity index (χ1) is 18.2. The smallest absolute Gasteiger partial charge is 0.339 e. The molecule has 15 heteroatoms. The largest absolute Gasteiger partial charge is 0.469 e. The molecule has 4 heterocycles. The van der Waals surface area contributed by atoms with Crippen molar-refractivity contribution in [2.45, 2.75) is 38.6 Å². The Bertz CT molecular complexity index is 1320. The summed E-state index contributed by atoms with van der Waals surface area (Å²) < 4.78 is 17.1. The fourth-order valence-electron chi connectivity index (χ4n) is 4.03. The average molecular weight is 545 g/mol. The second kappa shape index (κ2) is 12.2. The van der Waals surface area contributed by atoms with Gasteiger partial charge in [0.15, 0.2) is 5.82 Å². The van der Waals surface area contributed by atoms with Gasteiger partial charge >= 0.3 is 13.9 Å². The lowest BCUT2D eigenvalue weighted by atomic mass is 10.1. The molecule has 1 aliphatic heterocycles. The van der Waals surface area contributed by atoms with Crippen molar-refractivity contribution in [3.05, 3.63) is 48.4 Å². The van der Waals surface area contributed by atoms with Gasteiger partial charge in [-0.15, -0.1) is 10.2 Å². The van der Waals surface area contributed by atoms with E-state index in [9.17, 15) is 14.2 Å². The highest BCUT2D eigenvalue weighted by molar-refractivity contribution is 7.46. The molecule has 3 amide bonds. The molecule has 0 aromatic carbocycles. The lowest BCUT2D eigenvalue weighted by Gasteiger charge is -2.26. The van der Waals surface area contributed by atoms with Crippen LogP contribution in [0.2, 0.25) is 0 Å². The Hall–Kier alpha value is -3.71. The van der Waals surface area contributed by atoms with Crippen molar-refractivity contribution < 1.29 is 28.5 Å². The van der Waals surface area contributed by atoms with Crippen molar-refractivity contribution in [1.29, 1.82) is 0 Å². The van der Waals surface area contributed by atoms with E-state index in [1.54, 1.807) is 34.9 Å². The van der Waals surface area contributed by atoms with Crippen LogP contribution in [0.25, 0.3) is 11.5 Å². The maximum Gasteiger partial charge on any atom is 0.469 e. The molecular weight excluding hydrogens is 515 g/mol. The van der Waals surface area contributed by atoms with Crippen molar-refractivity contribution in [2.75, 3.05) is 30.3 Å². The summed E-state index contributed by atoms with van der Waals surface area (Å²) in [6.45, 7) is 3.11. The van der Waals surface area contributed by atoms with Crippen LogP contribution in [0.15, 0.2) is 42.9 Å². The lowest BCUT2D eigenvalue weighted by Crippen LogP contribution is -2.35. The third-order valence-corrected chi connectivity index (χ3v) is 6.47. The number of rotatable bonds is 9. The van der Waals surface area contributed by atoms with Crippen LogP contribution in [0, 0.1) is 0 Å². The maximum absolute atomic E-state index is 12.8. The summed E-state index contributed by atoms with van der Waals surface area (Å²) in [4.78, 5) is 53.5. The highest BCUT2D eigenvalue weighted by atomic mass is 31.2. The molecule has 0 unspecified atom stereocenters. The van der Waals surface area contributed by atoms with E-state index in [1.165, 1.54) is 12.5 Å². The highest BCUT2D eigenvalue weighted by Gasteiger charge is 2.20. The number of amides is 3. The molecule has 38 heavy (non-hydrogen) atoms. The monoisotopic (exact) mass is 544 g/mol. The summed E-state index contributed by atoms with van der Waals surface area (Å²) in [5, 5.41) is 13.3. The van der Waals surface area contributed by atoms with Crippen LogP contribution >= 0.6 is 7.82 Å².